The third kappa shape index (κ3) is 6.06. The summed E-state index contributed by atoms with van der Waals surface area (Å²) in [6.45, 7) is 6.75. The molecule has 0 spiro atoms. The fourth-order valence-corrected chi connectivity index (χ4v) is 4.47. The summed E-state index contributed by atoms with van der Waals surface area (Å²) in [7, 11) is 0. The number of thiazole rings is 1. The van der Waals surface area contributed by atoms with Crippen LogP contribution in [-0.4, -0.2) is 24.0 Å². The molecule has 0 aliphatic carbocycles. The van der Waals surface area contributed by atoms with Gasteiger partial charge in [-0.25, -0.2) is 4.98 Å². The first-order valence-corrected chi connectivity index (χ1v) is 11.6. The van der Waals surface area contributed by atoms with Crippen molar-refractivity contribution in [1.29, 1.82) is 0 Å². The summed E-state index contributed by atoms with van der Waals surface area (Å²) >= 11 is 1.73. The van der Waals surface area contributed by atoms with E-state index in [0.29, 0.717) is 6.42 Å². The van der Waals surface area contributed by atoms with E-state index in [1.165, 1.54) is 32.1 Å². The van der Waals surface area contributed by atoms with Crippen LogP contribution in [0.4, 0.5) is 10.8 Å². The van der Waals surface area contributed by atoms with E-state index in [-0.39, 0.29) is 5.91 Å². The average molecular weight is 400 g/mol. The standard InChI is InChI=1S/C23H33N3OS/c1-3-4-5-6-7-8-22(27)24-20-11-9-19(10-12-20)21-17-28-23(25-21)26-15-13-18(2)14-16-26/h9-12,17-18H,3-8,13-16H2,1-2H3,(H,24,27). The highest BCUT2D eigenvalue weighted by Crippen LogP contribution is 2.30. The number of rotatable bonds is 9. The van der Waals surface area contributed by atoms with Gasteiger partial charge in [-0.3, -0.25) is 4.79 Å². The minimum absolute atomic E-state index is 0.111. The van der Waals surface area contributed by atoms with Gasteiger partial charge < -0.3 is 10.2 Å². The Labute approximate surface area is 173 Å². The van der Waals surface area contributed by atoms with Gasteiger partial charge in [-0.1, -0.05) is 51.7 Å². The van der Waals surface area contributed by atoms with Gasteiger partial charge in [0.2, 0.25) is 5.91 Å². The maximum absolute atomic E-state index is 12.1. The first-order chi connectivity index (χ1) is 13.7. The summed E-state index contributed by atoms with van der Waals surface area (Å²) in [6, 6.07) is 8.06. The SMILES string of the molecule is CCCCCCCC(=O)Nc1ccc(-c2csc(N3CCC(C)CC3)n2)cc1. The van der Waals surface area contributed by atoms with Gasteiger partial charge in [-0.05, 0) is 37.3 Å². The highest BCUT2D eigenvalue weighted by molar-refractivity contribution is 7.14. The Bertz CT molecular complexity index is 733. The number of aromatic nitrogens is 1. The Kier molecular flexibility index (Phi) is 7.90. The van der Waals surface area contributed by atoms with Crippen LogP contribution in [0.5, 0.6) is 0 Å². The van der Waals surface area contributed by atoms with Gasteiger partial charge in [0.25, 0.3) is 0 Å². The van der Waals surface area contributed by atoms with Crippen LogP contribution in [-0.2, 0) is 4.79 Å². The minimum atomic E-state index is 0.111. The topological polar surface area (TPSA) is 45.2 Å². The Hall–Kier alpha value is -1.88. The molecule has 0 radical (unpaired) electrons. The van der Waals surface area contributed by atoms with Gasteiger partial charge >= 0.3 is 0 Å². The molecule has 1 fully saturated rings. The van der Waals surface area contributed by atoms with Crippen LogP contribution in [0.15, 0.2) is 29.6 Å². The molecule has 1 aromatic heterocycles. The molecule has 1 aliphatic rings. The summed E-state index contributed by atoms with van der Waals surface area (Å²) in [4.78, 5) is 19.3. The molecule has 0 bridgehead atoms. The van der Waals surface area contributed by atoms with Crippen LogP contribution in [0, 0.1) is 5.92 Å². The van der Waals surface area contributed by atoms with E-state index in [9.17, 15) is 4.79 Å². The molecule has 1 saturated heterocycles. The molecule has 1 aliphatic heterocycles. The van der Waals surface area contributed by atoms with Crippen LogP contribution in [0.2, 0.25) is 0 Å². The van der Waals surface area contributed by atoms with Gasteiger partial charge in [0.05, 0.1) is 5.69 Å². The average Bonchev–Trinajstić information content (AvgIpc) is 3.19. The molecule has 0 atom stereocenters. The van der Waals surface area contributed by atoms with E-state index < -0.39 is 0 Å². The zero-order valence-corrected chi connectivity index (χ0v) is 18.1. The van der Waals surface area contributed by atoms with E-state index in [1.54, 1.807) is 11.3 Å². The van der Waals surface area contributed by atoms with Gasteiger partial charge in [0.15, 0.2) is 5.13 Å². The molecule has 1 aromatic carbocycles. The monoisotopic (exact) mass is 399 g/mol. The third-order valence-corrected chi connectivity index (χ3v) is 6.42. The van der Waals surface area contributed by atoms with Crippen LogP contribution in [0.3, 0.4) is 0 Å². The number of nitrogens with one attached hydrogen (secondary N) is 1. The number of nitrogens with zero attached hydrogens (tertiary/aromatic N) is 2. The van der Waals surface area contributed by atoms with Gasteiger partial charge in [0.1, 0.15) is 0 Å². The molecule has 5 heteroatoms. The molecule has 2 heterocycles. The molecule has 1 N–H and O–H groups in total. The van der Waals surface area contributed by atoms with Crippen molar-refractivity contribution >= 4 is 28.1 Å². The second-order valence-corrected chi connectivity index (χ2v) is 8.81. The lowest BCUT2D eigenvalue weighted by Crippen LogP contribution is -2.32. The van der Waals surface area contributed by atoms with Crippen molar-refractivity contribution in [2.75, 3.05) is 23.3 Å². The van der Waals surface area contributed by atoms with E-state index in [4.69, 9.17) is 4.98 Å². The Morgan fingerprint density at radius 1 is 1.14 bits per heavy atom. The lowest BCUT2D eigenvalue weighted by molar-refractivity contribution is -0.116. The summed E-state index contributed by atoms with van der Waals surface area (Å²) < 4.78 is 0. The first kappa shape index (κ1) is 20.8. The third-order valence-electron chi connectivity index (χ3n) is 5.52. The quantitative estimate of drug-likeness (QED) is 0.500. The number of hydrogen-bond acceptors (Lipinski definition) is 4. The van der Waals surface area contributed by atoms with Gasteiger partial charge in [-0.2, -0.15) is 0 Å². The molecule has 28 heavy (non-hydrogen) atoms. The van der Waals surface area contributed by atoms with Crippen LogP contribution in [0.1, 0.15) is 65.2 Å². The smallest absolute Gasteiger partial charge is 0.224 e. The zero-order valence-electron chi connectivity index (χ0n) is 17.2. The number of amides is 1. The second-order valence-electron chi connectivity index (χ2n) is 7.97. The van der Waals surface area contributed by atoms with Gasteiger partial charge in [0, 0.05) is 36.1 Å². The minimum Gasteiger partial charge on any atom is -0.348 e. The second kappa shape index (κ2) is 10.6. The van der Waals surface area contributed by atoms with E-state index in [1.807, 2.05) is 24.3 Å². The number of unbranched alkanes of at least 4 members (excludes halogenated alkanes) is 4. The number of carbonyl (C=O) groups is 1. The Morgan fingerprint density at radius 3 is 2.57 bits per heavy atom. The molecule has 2 aromatic rings. The Balaban J connectivity index is 1.50. The number of carbonyl (C=O) groups excluding carboxylic acids is 1. The lowest BCUT2D eigenvalue weighted by atomic mass is 10.00. The van der Waals surface area contributed by atoms with Crippen molar-refractivity contribution in [3.05, 3.63) is 29.6 Å². The van der Waals surface area contributed by atoms with Crippen molar-refractivity contribution < 1.29 is 4.79 Å². The fraction of sp³-hybridized carbons (Fsp3) is 0.565. The lowest BCUT2D eigenvalue weighted by Gasteiger charge is -2.29. The Morgan fingerprint density at radius 2 is 1.86 bits per heavy atom. The predicted molar refractivity (Wildman–Crippen MR) is 120 cm³/mol. The number of benzene rings is 1. The maximum atomic E-state index is 12.1. The van der Waals surface area contributed by atoms with Gasteiger partial charge in [-0.15, -0.1) is 11.3 Å². The first-order valence-electron chi connectivity index (χ1n) is 10.8. The van der Waals surface area contributed by atoms with E-state index in [0.717, 1.165) is 53.9 Å². The summed E-state index contributed by atoms with van der Waals surface area (Å²) in [5.41, 5.74) is 2.99. The molecule has 152 valence electrons. The molecule has 4 nitrogen and oxygen atoms in total. The van der Waals surface area contributed by atoms with Crippen molar-refractivity contribution in [1.82, 2.24) is 4.98 Å². The highest BCUT2D eigenvalue weighted by atomic mass is 32.1. The van der Waals surface area contributed by atoms with Crippen molar-refractivity contribution in [3.63, 3.8) is 0 Å². The molecule has 0 saturated carbocycles. The van der Waals surface area contributed by atoms with Crippen LogP contribution >= 0.6 is 11.3 Å². The summed E-state index contributed by atoms with van der Waals surface area (Å²) in [5, 5.41) is 6.27. The van der Waals surface area contributed by atoms with Crippen molar-refractivity contribution in [3.8, 4) is 11.3 Å². The van der Waals surface area contributed by atoms with E-state index in [2.05, 4.69) is 29.4 Å². The number of anilines is 2. The zero-order chi connectivity index (χ0) is 19.8. The molecule has 1 amide bonds. The number of hydrogen-bond donors (Lipinski definition) is 1. The fourth-order valence-electron chi connectivity index (χ4n) is 3.58. The maximum Gasteiger partial charge on any atom is 0.224 e. The largest absolute Gasteiger partial charge is 0.348 e. The molecule has 3 rings (SSSR count). The molecular formula is C23H33N3OS. The van der Waals surface area contributed by atoms with Crippen molar-refractivity contribution in [2.45, 2.75) is 65.2 Å². The van der Waals surface area contributed by atoms with Crippen LogP contribution in [0.25, 0.3) is 11.3 Å². The molecule has 0 unspecified atom stereocenters. The van der Waals surface area contributed by atoms with Crippen molar-refractivity contribution in [2.24, 2.45) is 5.92 Å². The van der Waals surface area contributed by atoms with E-state index >= 15 is 0 Å². The molecular weight excluding hydrogens is 366 g/mol. The normalized spacial score (nSPS) is 15.0. The van der Waals surface area contributed by atoms with Crippen LogP contribution < -0.4 is 10.2 Å². The summed E-state index contributed by atoms with van der Waals surface area (Å²) in [5.74, 6) is 0.939. The highest BCUT2D eigenvalue weighted by Gasteiger charge is 2.18. The number of piperidine rings is 1. The predicted octanol–water partition coefficient (Wildman–Crippen LogP) is 6.35. The summed E-state index contributed by atoms with van der Waals surface area (Å²) in [6.07, 6.45) is 8.95.